The fraction of sp³-hybridized carbons (Fsp3) is 0.500. The highest BCUT2D eigenvalue weighted by Crippen LogP contribution is 2.42. The van der Waals surface area contributed by atoms with E-state index in [0.29, 0.717) is 6.42 Å². The number of benzene rings is 1. The van der Waals surface area contributed by atoms with Crippen molar-refractivity contribution in [2.45, 2.75) is 36.9 Å². The van der Waals surface area contributed by atoms with Crippen LogP contribution in [0.2, 0.25) is 0 Å². The SMILES string of the molecule is C[C@@]1(CO)[NH2+][C@H](C(=O)[O-])C[C@@H]2c3ccccc3N[C@@H]21. The van der Waals surface area contributed by atoms with Gasteiger partial charge < -0.3 is 25.6 Å². The molecule has 0 aliphatic carbocycles. The predicted molar refractivity (Wildman–Crippen MR) is 67.4 cm³/mol. The first kappa shape index (κ1) is 12.4. The fourth-order valence-electron chi connectivity index (χ4n) is 3.51. The van der Waals surface area contributed by atoms with Gasteiger partial charge in [0.25, 0.3) is 0 Å². The van der Waals surface area contributed by atoms with Crippen LogP contribution < -0.4 is 15.7 Å². The number of nitrogens with one attached hydrogen (secondary N) is 1. The number of nitrogens with two attached hydrogens (primary N) is 1. The Morgan fingerprint density at radius 1 is 1.58 bits per heavy atom. The number of hydrogen-bond acceptors (Lipinski definition) is 4. The van der Waals surface area contributed by atoms with Crippen molar-refractivity contribution in [2.24, 2.45) is 0 Å². The van der Waals surface area contributed by atoms with Gasteiger partial charge in [-0.15, -0.1) is 0 Å². The van der Waals surface area contributed by atoms with Gasteiger partial charge in [0.2, 0.25) is 0 Å². The Hall–Kier alpha value is -1.59. The third-order valence-corrected chi connectivity index (χ3v) is 4.52. The van der Waals surface area contributed by atoms with Gasteiger partial charge in [-0.3, -0.25) is 0 Å². The zero-order valence-corrected chi connectivity index (χ0v) is 10.8. The molecule has 2 aliphatic rings. The van der Waals surface area contributed by atoms with Gasteiger partial charge in [0.05, 0.1) is 18.6 Å². The zero-order valence-electron chi connectivity index (χ0n) is 10.8. The third kappa shape index (κ3) is 1.81. The van der Waals surface area contributed by atoms with Crippen molar-refractivity contribution < 1.29 is 20.3 Å². The molecule has 0 aromatic heterocycles. The predicted octanol–water partition coefficient (Wildman–Crippen LogP) is -1.60. The van der Waals surface area contributed by atoms with Gasteiger partial charge in [-0.25, -0.2) is 0 Å². The number of anilines is 1. The highest BCUT2D eigenvalue weighted by atomic mass is 16.4. The lowest BCUT2D eigenvalue weighted by Gasteiger charge is -2.43. The molecular formula is C14H18N2O3. The molecule has 0 radical (unpaired) electrons. The summed E-state index contributed by atoms with van der Waals surface area (Å²) in [6.45, 7) is 1.83. The van der Waals surface area contributed by atoms with E-state index in [1.807, 2.05) is 31.2 Å². The second kappa shape index (κ2) is 4.21. The maximum Gasteiger partial charge on any atom is 0.138 e. The zero-order chi connectivity index (χ0) is 13.6. The number of fused-ring (bicyclic) bond motifs is 3. The van der Waals surface area contributed by atoms with Crippen LogP contribution in [-0.2, 0) is 4.79 Å². The van der Waals surface area contributed by atoms with Crippen LogP contribution in [0, 0.1) is 0 Å². The van der Waals surface area contributed by atoms with Gasteiger partial charge in [0.1, 0.15) is 11.6 Å². The minimum absolute atomic E-state index is 0.0468. The van der Waals surface area contributed by atoms with Crippen molar-refractivity contribution >= 4 is 11.7 Å². The Labute approximate surface area is 111 Å². The Bertz CT molecular complexity index is 519. The number of carboxylic acid groups (broad SMARTS) is 1. The van der Waals surface area contributed by atoms with Crippen LogP contribution >= 0.6 is 0 Å². The standard InChI is InChI=1S/C14H18N2O3/c1-14(7-17)12-9(6-11(16-14)13(18)19)8-4-2-3-5-10(8)15-12/h2-5,9,11-12,15-17H,6-7H2,1H3,(H,18,19)/t9-,11+,12+,14+/m1/s1. The molecule has 0 saturated carbocycles. The van der Waals surface area contributed by atoms with Crippen molar-refractivity contribution in [3.8, 4) is 0 Å². The molecule has 3 rings (SSSR count). The summed E-state index contributed by atoms with van der Waals surface area (Å²) >= 11 is 0. The Kier molecular flexibility index (Phi) is 2.76. The molecule has 0 amide bonds. The molecule has 0 unspecified atom stereocenters. The van der Waals surface area contributed by atoms with E-state index in [1.54, 1.807) is 5.32 Å². The molecule has 5 nitrogen and oxygen atoms in total. The first-order chi connectivity index (χ1) is 9.05. The average Bonchev–Trinajstić information content (AvgIpc) is 2.78. The van der Waals surface area contributed by atoms with Gasteiger partial charge in [-0.2, -0.15) is 0 Å². The van der Waals surface area contributed by atoms with Crippen molar-refractivity contribution in [1.29, 1.82) is 0 Å². The maximum atomic E-state index is 11.2. The number of quaternary nitrogens is 1. The molecule has 1 aromatic carbocycles. The first-order valence-electron chi connectivity index (χ1n) is 6.58. The summed E-state index contributed by atoms with van der Waals surface area (Å²) in [5.41, 5.74) is 1.64. The van der Waals surface area contributed by atoms with Crippen molar-refractivity contribution in [3.05, 3.63) is 29.8 Å². The molecule has 19 heavy (non-hydrogen) atoms. The number of aliphatic hydroxyl groups is 1. The molecule has 4 N–H and O–H groups in total. The van der Waals surface area contributed by atoms with Gasteiger partial charge in [0.15, 0.2) is 0 Å². The van der Waals surface area contributed by atoms with Crippen LogP contribution in [0.4, 0.5) is 5.69 Å². The quantitative estimate of drug-likeness (QED) is 0.599. The van der Waals surface area contributed by atoms with Crippen LogP contribution in [0.5, 0.6) is 0 Å². The highest BCUT2D eigenvalue weighted by molar-refractivity contribution is 5.70. The molecular weight excluding hydrogens is 244 g/mol. The average molecular weight is 262 g/mol. The molecule has 0 bridgehead atoms. The number of carboxylic acids is 1. The molecule has 1 fully saturated rings. The second-order valence-corrected chi connectivity index (χ2v) is 5.81. The Morgan fingerprint density at radius 3 is 3.00 bits per heavy atom. The van der Waals surface area contributed by atoms with E-state index < -0.39 is 17.6 Å². The van der Waals surface area contributed by atoms with Gasteiger partial charge >= 0.3 is 0 Å². The number of carbonyl (C=O) groups excluding carboxylic acids is 1. The van der Waals surface area contributed by atoms with Crippen LogP contribution in [0.25, 0.3) is 0 Å². The van der Waals surface area contributed by atoms with Gasteiger partial charge in [0, 0.05) is 18.0 Å². The number of hydrogen-bond donors (Lipinski definition) is 3. The number of rotatable bonds is 2. The summed E-state index contributed by atoms with van der Waals surface area (Å²) in [6.07, 6.45) is 0.534. The minimum atomic E-state index is -1.05. The van der Waals surface area contributed by atoms with E-state index in [4.69, 9.17) is 0 Å². The summed E-state index contributed by atoms with van der Waals surface area (Å²) in [7, 11) is 0. The van der Waals surface area contributed by atoms with E-state index in [-0.39, 0.29) is 18.6 Å². The molecule has 0 spiro atoms. The summed E-state index contributed by atoms with van der Waals surface area (Å²) in [5, 5.41) is 26.1. The Balaban J connectivity index is 2.01. The minimum Gasteiger partial charge on any atom is -0.544 e. The topological polar surface area (TPSA) is 89.0 Å². The van der Waals surface area contributed by atoms with Crippen LogP contribution in [0.3, 0.4) is 0 Å². The van der Waals surface area contributed by atoms with Crippen LogP contribution in [0.1, 0.15) is 24.8 Å². The number of piperidine rings is 1. The largest absolute Gasteiger partial charge is 0.544 e. The van der Waals surface area contributed by atoms with Crippen molar-refractivity contribution in [2.75, 3.05) is 11.9 Å². The summed E-state index contributed by atoms with van der Waals surface area (Å²) in [5.74, 6) is -0.941. The second-order valence-electron chi connectivity index (χ2n) is 5.81. The number of aliphatic carboxylic acids is 1. The van der Waals surface area contributed by atoms with E-state index in [9.17, 15) is 15.0 Å². The first-order valence-corrected chi connectivity index (χ1v) is 6.58. The Morgan fingerprint density at radius 2 is 2.32 bits per heavy atom. The molecule has 5 heteroatoms. The molecule has 4 atom stereocenters. The monoisotopic (exact) mass is 262 g/mol. The van der Waals surface area contributed by atoms with Crippen LogP contribution in [0.15, 0.2) is 24.3 Å². The molecule has 1 saturated heterocycles. The third-order valence-electron chi connectivity index (χ3n) is 4.52. The number of para-hydroxylation sites is 1. The summed E-state index contributed by atoms with van der Waals surface area (Å²) in [4.78, 5) is 11.2. The fourth-order valence-corrected chi connectivity index (χ4v) is 3.51. The number of aliphatic hydroxyl groups excluding tert-OH is 1. The molecule has 102 valence electrons. The molecule has 2 aliphatic heterocycles. The summed E-state index contributed by atoms with van der Waals surface area (Å²) < 4.78 is 0. The van der Waals surface area contributed by atoms with Gasteiger partial charge in [-0.05, 0) is 18.6 Å². The van der Waals surface area contributed by atoms with E-state index in [0.717, 1.165) is 11.3 Å². The lowest BCUT2D eigenvalue weighted by molar-refractivity contribution is -0.759. The normalized spacial score (nSPS) is 36.2. The molecule has 2 heterocycles. The molecule has 1 aromatic rings. The lowest BCUT2D eigenvalue weighted by atomic mass is 9.75. The van der Waals surface area contributed by atoms with Crippen LogP contribution in [-0.4, -0.2) is 35.3 Å². The maximum absolute atomic E-state index is 11.2. The van der Waals surface area contributed by atoms with Crippen molar-refractivity contribution in [1.82, 2.24) is 0 Å². The van der Waals surface area contributed by atoms with E-state index in [2.05, 4.69) is 5.32 Å². The smallest absolute Gasteiger partial charge is 0.138 e. The lowest BCUT2D eigenvalue weighted by Crippen LogP contribution is -3.07. The van der Waals surface area contributed by atoms with E-state index >= 15 is 0 Å². The van der Waals surface area contributed by atoms with Crippen molar-refractivity contribution in [3.63, 3.8) is 0 Å². The number of carbonyl (C=O) groups is 1. The van der Waals surface area contributed by atoms with E-state index in [1.165, 1.54) is 0 Å². The summed E-state index contributed by atoms with van der Waals surface area (Å²) in [6, 6.07) is 7.39. The highest BCUT2D eigenvalue weighted by Gasteiger charge is 2.52. The van der Waals surface area contributed by atoms with Gasteiger partial charge in [-0.1, -0.05) is 18.2 Å².